The van der Waals surface area contributed by atoms with E-state index in [1.54, 1.807) is 37.0 Å². The molecule has 0 fully saturated rings. The van der Waals surface area contributed by atoms with Crippen molar-refractivity contribution in [3.8, 4) is 11.5 Å². The molecule has 2 heterocycles. The summed E-state index contributed by atoms with van der Waals surface area (Å²) in [4.78, 5) is 38.8. The van der Waals surface area contributed by atoms with Crippen LogP contribution in [-0.2, 0) is 11.2 Å². The summed E-state index contributed by atoms with van der Waals surface area (Å²) < 4.78 is 0. The fraction of sp³-hybridized carbons (Fsp3) is 0.154. The van der Waals surface area contributed by atoms with Gasteiger partial charge in [0.1, 0.15) is 5.69 Å². The van der Waals surface area contributed by atoms with E-state index in [0.717, 1.165) is 4.90 Å². The molecule has 1 amide bonds. The molecular weight excluding hydrogens is 432 g/mol. The number of carbonyl (C=O) groups excluding carboxylic acids is 1. The van der Waals surface area contributed by atoms with Crippen molar-refractivity contribution in [2.24, 2.45) is 0 Å². The SMILES string of the molecule is Cc1ccc(Sc2ccc(NC(=O)Cc3c(C)nc(-c4ccccn4)[nH]c3=O)cc2)cc1C. The van der Waals surface area contributed by atoms with Crippen LogP contribution in [0.3, 0.4) is 0 Å². The van der Waals surface area contributed by atoms with Crippen LogP contribution in [0.15, 0.2) is 81.4 Å². The lowest BCUT2D eigenvalue weighted by Gasteiger charge is -2.09. The predicted octanol–water partition coefficient (Wildman–Crippen LogP) is 5.09. The minimum absolute atomic E-state index is 0.0597. The molecule has 2 aromatic heterocycles. The Morgan fingerprint density at radius 2 is 1.73 bits per heavy atom. The smallest absolute Gasteiger partial charge is 0.255 e. The molecule has 0 bridgehead atoms. The minimum Gasteiger partial charge on any atom is -0.326 e. The average molecular weight is 457 g/mol. The fourth-order valence-electron chi connectivity index (χ4n) is 3.33. The number of H-pyrrole nitrogens is 1. The van der Waals surface area contributed by atoms with Gasteiger partial charge >= 0.3 is 0 Å². The fourth-order valence-corrected chi connectivity index (χ4v) is 4.24. The summed E-state index contributed by atoms with van der Waals surface area (Å²) in [5.41, 5.74) is 4.30. The highest BCUT2D eigenvalue weighted by molar-refractivity contribution is 7.99. The Balaban J connectivity index is 1.41. The maximum absolute atomic E-state index is 12.6. The van der Waals surface area contributed by atoms with Gasteiger partial charge in [0.15, 0.2) is 5.82 Å². The first-order chi connectivity index (χ1) is 15.9. The van der Waals surface area contributed by atoms with Gasteiger partial charge in [0.2, 0.25) is 5.91 Å². The van der Waals surface area contributed by atoms with E-state index in [1.807, 2.05) is 30.3 Å². The molecule has 7 heteroatoms. The lowest BCUT2D eigenvalue weighted by Crippen LogP contribution is -2.24. The van der Waals surface area contributed by atoms with Crippen LogP contribution in [0.1, 0.15) is 22.4 Å². The number of carbonyl (C=O) groups is 1. The number of nitrogens with zero attached hydrogens (tertiary/aromatic N) is 2. The van der Waals surface area contributed by atoms with E-state index in [0.29, 0.717) is 28.5 Å². The molecule has 4 aromatic rings. The van der Waals surface area contributed by atoms with Gasteiger partial charge in [-0.2, -0.15) is 0 Å². The Labute approximate surface area is 196 Å². The topological polar surface area (TPSA) is 87.7 Å². The first-order valence-electron chi connectivity index (χ1n) is 10.6. The molecule has 4 rings (SSSR count). The minimum atomic E-state index is -0.335. The van der Waals surface area contributed by atoms with Crippen molar-refractivity contribution in [2.75, 3.05) is 5.32 Å². The molecule has 0 unspecified atom stereocenters. The summed E-state index contributed by atoms with van der Waals surface area (Å²) in [7, 11) is 0. The molecule has 166 valence electrons. The summed E-state index contributed by atoms with van der Waals surface area (Å²) in [5, 5.41) is 2.86. The number of nitrogens with one attached hydrogen (secondary N) is 2. The second-order valence-electron chi connectivity index (χ2n) is 7.79. The van der Waals surface area contributed by atoms with Crippen LogP contribution in [0.2, 0.25) is 0 Å². The Morgan fingerprint density at radius 3 is 2.39 bits per heavy atom. The molecule has 0 saturated carbocycles. The first kappa shape index (κ1) is 22.5. The van der Waals surface area contributed by atoms with E-state index in [-0.39, 0.29) is 17.9 Å². The zero-order chi connectivity index (χ0) is 23.4. The van der Waals surface area contributed by atoms with Gasteiger partial charge in [0.05, 0.1) is 6.42 Å². The van der Waals surface area contributed by atoms with Crippen LogP contribution in [0.5, 0.6) is 0 Å². The Kier molecular flexibility index (Phi) is 6.70. The van der Waals surface area contributed by atoms with Crippen molar-refractivity contribution < 1.29 is 4.79 Å². The Bertz CT molecular complexity index is 1350. The van der Waals surface area contributed by atoms with Crippen LogP contribution in [0.25, 0.3) is 11.5 Å². The third kappa shape index (κ3) is 5.56. The zero-order valence-electron chi connectivity index (χ0n) is 18.7. The lowest BCUT2D eigenvalue weighted by atomic mass is 10.1. The Morgan fingerprint density at radius 1 is 0.970 bits per heavy atom. The molecule has 0 spiro atoms. The van der Waals surface area contributed by atoms with E-state index >= 15 is 0 Å². The number of pyridine rings is 1. The quantitative estimate of drug-likeness (QED) is 0.422. The van der Waals surface area contributed by atoms with Gasteiger partial charge < -0.3 is 10.3 Å². The normalized spacial score (nSPS) is 10.8. The number of aromatic nitrogens is 3. The third-order valence-electron chi connectivity index (χ3n) is 5.32. The monoisotopic (exact) mass is 456 g/mol. The Hall–Kier alpha value is -3.71. The molecule has 6 nitrogen and oxygen atoms in total. The van der Waals surface area contributed by atoms with Crippen LogP contribution in [0.4, 0.5) is 5.69 Å². The van der Waals surface area contributed by atoms with Crippen LogP contribution in [0, 0.1) is 20.8 Å². The second kappa shape index (κ2) is 9.83. The van der Waals surface area contributed by atoms with E-state index in [2.05, 4.69) is 52.3 Å². The van der Waals surface area contributed by atoms with Crippen molar-refractivity contribution in [2.45, 2.75) is 37.0 Å². The molecule has 0 saturated heterocycles. The van der Waals surface area contributed by atoms with E-state index in [1.165, 1.54) is 16.0 Å². The molecule has 0 aliphatic carbocycles. The number of anilines is 1. The number of amides is 1. The van der Waals surface area contributed by atoms with Crippen molar-refractivity contribution in [1.82, 2.24) is 15.0 Å². The number of rotatable bonds is 6. The second-order valence-corrected chi connectivity index (χ2v) is 8.94. The van der Waals surface area contributed by atoms with Crippen molar-refractivity contribution in [3.05, 3.63) is 99.6 Å². The van der Waals surface area contributed by atoms with Gasteiger partial charge in [-0.3, -0.25) is 14.6 Å². The van der Waals surface area contributed by atoms with Crippen molar-refractivity contribution in [1.29, 1.82) is 0 Å². The van der Waals surface area contributed by atoms with Crippen molar-refractivity contribution >= 4 is 23.4 Å². The standard InChI is InChI=1S/C26H24N4O2S/c1-16-7-10-21(14-17(16)2)33-20-11-8-19(9-12-20)29-24(31)15-22-18(3)28-25(30-26(22)32)23-6-4-5-13-27-23/h4-14H,15H2,1-3H3,(H,29,31)(H,28,30,32). The highest BCUT2D eigenvalue weighted by Gasteiger charge is 2.14. The van der Waals surface area contributed by atoms with Gasteiger partial charge in [-0.25, -0.2) is 4.98 Å². The predicted molar refractivity (Wildman–Crippen MR) is 132 cm³/mol. The van der Waals surface area contributed by atoms with Crippen LogP contribution in [-0.4, -0.2) is 20.9 Å². The van der Waals surface area contributed by atoms with Gasteiger partial charge in [-0.05, 0) is 80.4 Å². The summed E-state index contributed by atoms with van der Waals surface area (Å²) in [6.45, 7) is 5.93. The van der Waals surface area contributed by atoms with E-state index in [9.17, 15) is 9.59 Å². The van der Waals surface area contributed by atoms with E-state index in [4.69, 9.17) is 0 Å². The van der Waals surface area contributed by atoms with Gasteiger partial charge in [0.25, 0.3) is 5.56 Å². The van der Waals surface area contributed by atoms with Crippen LogP contribution < -0.4 is 10.9 Å². The number of aromatic amines is 1. The zero-order valence-corrected chi connectivity index (χ0v) is 19.5. The molecule has 33 heavy (non-hydrogen) atoms. The number of aryl methyl sites for hydroxylation is 3. The van der Waals surface area contributed by atoms with Gasteiger partial charge in [-0.15, -0.1) is 0 Å². The summed E-state index contributed by atoms with van der Waals surface area (Å²) >= 11 is 1.67. The van der Waals surface area contributed by atoms with Gasteiger partial charge in [-0.1, -0.05) is 23.9 Å². The number of benzene rings is 2. The summed E-state index contributed by atoms with van der Waals surface area (Å²) in [6.07, 6.45) is 1.58. The highest BCUT2D eigenvalue weighted by atomic mass is 32.2. The molecule has 0 aliphatic heterocycles. The highest BCUT2D eigenvalue weighted by Crippen LogP contribution is 2.29. The van der Waals surface area contributed by atoms with Gasteiger partial charge in [0, 0.05) is 32.9 Å². The molecule has 2 aromatic carbocycles. The largest absolute Gasteiger partial charge is 0.326 e. The molecule has 2 N–H and O–H groups in total. The molecule has 0 aliphatic rings. The molecule has 0 radical (unpaired) electrons. The molecule has 0 atom stereocenters. The van der Waals surface area contributed by atoms with Crippen LogP contribution >= 0.6 is 11.8 Å². The molecular formula is C26H24N4O2S. The third-order valence-corrected chi connectivity index (χ3v) is 6.32. The summed E-state index contributed by atoms with van der Waals surface area (Å²) in [6, 6.07) is 19.4. The summed E-state index contributed by atoms with van der Waals surface area (Å²) in [5.74, 6) is 0.115. The lowest BCUT2D eigenvalue weighted by molar-refractivity contribution is -0.115. The number of hydrogen-bond donors (Lipinski definition) is 2. The maximum atomic E-state index is 12.6. The van der Waals surface area contributed by atoms with Crippen molar-refractivity contribution in [3.63, 3.8) is 0 Å². The average Bonchev–Trinajstić information content (AvgIpc) is 2.80. The number of hydrogen-bond acceptors (Lipinski definition) is 5. The maximum Gasteiger partial charge on any atom is 0.255 e. The first-order valence-corrected chi connectivity index (χ1v) is 11.4. The van der Waals surface area contributed by atoms with E-state index < -0.39 is 0 Å².